The molecule has 3 aromatic rings. The summed E-state index contributed by atoms with van der Waals surface area (Å²) in [4.78, 5) is 6.13. The van der Waals surface area contributed by atoms with Crippen molar-refractivity contribution in [2.45, 2.75) is 38.8 Å². The summed E-state index contributed by atoms with van der Waals surface area (Å²) in [5.41, 5.74) is 8.63. The Bertz CT molecular complexity index is 700. The number of fused-ring (bicyclic) bond motifs is 1. The molecular weight excluding hydrogens is 278 g/mol. The second-order valence-electron chi connectivity index (χ2n) is 5.42. The molecule has 1 aromatic carbocycles. The van der Waals surface area contributed by atoms with Gasteiger partial charge in [-0.15, -0.1) is 11.3 Å². The highest BCUT2D eigenvalue weighted by molar-refractivity contribution is 7.09. The molecule has 1 unspecified atom stereocenters. The van der Waals surface area contributed by atoms with Gasteiger partial charge in [-0.1, -0.05) is 25.1 Å². The van der Waals surface area contributed by atoms with Crippen molar-refractivity contribution >= 4 is 22.4 Å². The van der Waals surface area contributed by atoms with E-state index in [4.69, 9.17) is 10.7 Å². The Kier molecular flexibility index (Phi) is 4.36. The van der Waals surface area contributed by atoms with Gasteiger partial charge in [-0.3, -0.25) is 0 Å². The summed E-state index contributed by atoms with van der Waals surface area (Å²) in [5.74, 6) is 1.11. The standard InChI is InChI=1S/C17H21N3S/c1-2-9-20-16-8-4-3-7-15(16)19-17(20)12-13(18)11-14-6-5-10-21-14/h3-8,10,13H,2,9,11-12,18H2,1H3. The van der Waals surface area contributed by atoms with E-state index in [2.05, 4.69) is 47.2 Å². The Morgan fingerprint density at radius 2 is 2.05 bits per heavy atom. The lowest BCUT2D eigenvalue weighted by molar-refractivity contribution is 0.593. The zero-order valence-electron chi connectivity index (χ0n) is 12.3. The van der Waals surface area contributed by atoms with Crippen LogP contribution in [-0.4, -0.2) is 15.6 Å². The van der Waals surface area contributed by atoms with Crippen LogP contribution in [0.25, 0.3) is 11.0 Å². The van der Waals surface area contributed by atoms with E-state index in [0.29, 0.717) is 0 Å². The van der Waals surface area contributed by atoms with Crippen molar-refractivity contribution in [2.75, 3.05) is 0 Å². The number of thiophene rings is 1. The van der Waals surface area contributed by atoms with Gasteiger partial charge in [-0.25, -0.2) is 4.98 Å². The van der Waals surface area contributed by atoms with Crippen LogP contribution in [0.1, 0.15) is 24.0 Å². The number of nitrogens with two attached hydrogens (primary N) is 1. The van der Waals surface area contributed by atoms with Crippen molar-refractivity contribution in [3.05, 3.63) is 52.5 Å². The van der Waals surface area contributed by atoms with Crippen LogP contribution in [0.15, 0.2) is 41.8 Å². The SMILES string of the molecule is CCCn1c(CC(N)Cc2cccs2)nc2ccccc21. The molecule has 0 saturated heterocycles. The molecule has 21 heavy (non-hydrogen) atoms. The van der Waals surface area contributed by atoms with Gasteiger partial charge in [0.2, 0.25) is 0 Å². The molecule has 0 aliphatic heterocycles. The van der Waals surface area contributed by atoms with Crippen LogP contribution < -0.4 is 5.73 Å². The maximum Gasteiger partial charge on any atom is 0.111 e. The Morgan fingerprint density at radius 1 is 1.19 bits per heavy atom. The van der Waals surface area contributed by atoms with E-state index in [1.165, 1.54) is 10.4 Å². The number of hydrogen-bond donors (Lipinski definition) is 1. The van der Waals surface area contributed by atoms with Crippen LogP contribution >= 0.6 is 11.3 Å². The Hall–Kier alpha value is -1.65. The molecule has 2 heterocycles. The molecule has 3 nitrogen and oxygen atoms in total. The van der Waals surface area contributed by atoms with Gasteiger partial charge in [-0.05, 0) is 36.4 Å². The highest BCUT2D eigenvalue weighted by Crippen LogP contribution is 2.19. The first-order chi connectivity index (χ1) is 10.3. The van der Waals surface area contributed by atoms with Gasteiger partial charge in [0.1, 0.15) is 5.82 Å². The van der Waals surface area contributed by atoms with E-state index >= 15 is 0 Å². The highest BCUT2D eigenvalue weighted by atomic mass is 32.1. The van der Waals surface area contributed by atoms with Gasteiger partial charge in [-0.2, -0.15) is 0 Å². The number of benzene rings is 1. The van der Waals surface area contributed by atoms with Gasteiger partial charge in [0.15, 0.2) is 0 Å². The second-order valence-corrected chi connectivity index (χ2v) is 6.45. The molecule has 2 N–H and O–H groups in total. The third kappa shape index (κ3) is 3.17. The van der Waals surface area contributed by atoms with Crippen LogP contribution in [0.5, 0.6) is 0 Å². The summed E-state index contributed by atoms with van der Waals surface area (Å²) in [6.45, 7) is 3.20. The van der Waals surface area contributed by atoms with E-state index in [-0.39, 0.29) is 6.04 Å². The fraction of sp³-hybridized carbons (Fsp3) is 0.353. The van der Waals surface area contributed by atoms with Gasteiger partial charge in [0, 0.05) is 23.9 Å². The number of nitrogens with zero attached hydrogens (tertiary/aromatic N) is 2. The monoisotopic (exact) mass is 299 g/mol. The largest absolute Gasteiger partial charge is 0.328 e. The van der Waals surface area contributed by atoms with Crippen LogP contribution in [0, 0.1) is 0 Å². The van der Waals surface area contributed by atoms with Gasteiger partial charge < -0.3 is 10.3 Å². The van der Waals surface area contributed by atoms with E-state index < -0.39 is 0 Å². The topological polar surface area (TPSA) is 43.8 Å². The molecule has 3 rings (SSSR count). The number of aromatic nitrogens is 2. The summed E-state index contributed by atoms with van der Waals surface area (Å²) >= 11 is 1.77. The molecule has 0 aliphatic rings. The normalized spacial score (nSPS) is 12.9. The summed E-state index contributed by atoms with van der Waals surface area (Å²) < 4.78 is 2.32. The second kappa shape index (κ2) is 6.41. The molecule has 0 amide bonds. The van der Waals surface area contributed by atoms with E-state index in [9.17, 15) is 0 Å². The number of hydrogen-bond acceptors (Lipinski definition) is 3. The Morgan fingerprint density at radius 3 is 2.81 bits per heavy atom. The molecule has 0 fully saturated rings. The minimum Gasteiger partial charge on any atom is -0.328 e. The van der Waals surface area contributed by atoms with Crippen molar-refractivity contribution in [1.82, 2.24) is 9.55 Å². The third-order valence-electron chi connectivity index (χ3n) is 3.67. The lowest BCUT2D eigenvalue weighted by atomic mass is 10.1. The Balaban J connectivity index is 1.83. The fourth-order valence-corrected chi connectivity index (χ4v) is 3.55. The molecule has 0 radical (unpaired) electrons. The molecule has 0 aliphatic carbocycles. The van der Waals surface area contributed by atoms with Crippen LogP contribution in [0.2, 0.25) is 0 Å². The molecule has 2 aromatic heterocycles. The summed E-state index contributed by atoms with van der Waals surface area (Å²) in [7, 11) is 0. The summed E-state index contributed by atoms with van der Waals surface area (Å²) in [6.07, 6.45) is 2.85. The minimum atomic E-state index is 0.121. The van der Waals surface area contributed by atoms with E-state index in [0.717, 1.165) is 37.1 Å². The zero-order valence-corrected chi connectivity index (χ0v) is 13.1. The average molecular weight is 299 g/mol. The van der Waals surface area contributed by atoms with Crippen molar-refractivity contribution in [3.63, 3.8) is 0 Å². The zero-order chi connectivity index (χ0) is 14.7. The average Bonchev–Trinajstić information content (AvgIpc) is 3.08. The van der Waals surface area contributed by atoms with Crippen molar-refractivity contribution in [3.8, 4) is 0 Å². The molecule has 4 heteroatoms. The van der Waals surface area contributed by atoms with Crippen LogP contribution in [-0.2, 0) is 19.4 Å². The molecular formula is C17H21N3S. The number of aryl methyl sites for hydroxylation is 1. The molecule has 1 atom stereocenters. The van der Waals surface area contributed by atoms with E-state index in [1.54, 1.807) is 11.3 Å². The van der Waals surface area contributed by atoms with Gasteiger partial charge in [0.25, 0.3) is 0 Å². The van der Waals surface area contributed by atoms with Crippen LogP contribution in [0.4, 0.5) is 0 Å². The molecule has 0 saturated carbocycles. The predicted octanol–water partition coefficient (Wildman–Crippen LogP) is 3.62. The first kappa shape index (κ1) is 14.3. The number of para-hydroxylation sites is 2. The highest BCUT2D eigenvalue weighted by Gasteiger charge is 2.14. The predicted molar refractivity (Wildman–Crippen MR) is 89.7 cm³/mol. The van der Waals surface area contributed by atoms with Crippen molar-refractivity contribution in [2.24, 2.45) is 5.73 Å². The molecule has 110 valence electrons. The first-order valence-corrected chi connectivity index (χ1v) is 8.38. The molecule has 0 spiro atoms. The maximum absolute atomic E-state index is 6.34. The minimum absolute atomic E-state index is 0.121. The quantitative estimate of drug-likeness (QED) is 0.755. The third-order valence-corrected chi connectivity index (χ3v) is 4.57. The first-order valence-electron chi connectivity index (χ1n) is 7.50. The maximum atomic E-state index is 6.34. The summed E-state index contributed by atoms with van der Waals surface area (Å²) in [5, 5.41) is 2.11. The smallest absolute Gasteiger partial charge is 0.111 e. The van der Waals surface area contributed by atoms with Gasteiger partial charge >= 0.3 is 0 Å². The molecule has 0 bridgehead atoms. The van der Waals surface area contributed by atoms with Crippen molar-refractivity contribution in [1.29, 1.82) is 0 Å². The number of imidazole rings is 1. The van der Waals surface area contributed by atoms with Crippen molar-refractivity contribution < 1.29 is 0 Å². The number of rotatable bonds is 6. The van der Waals surface area contributed by atoms with Crippen LogP contribution in [0.3, 0.4) is 0 Å². The van der Waals surface area contributed by atoms with E-state index in [1.807, 2.05) is 6.07 Å². The Labute approximate surface area is 129 Å². The summed E-state index contributed by atoms with van der Waals surface area (Å²) in [6, 6.07) is 12.7. The fourth-order valence-electron chi connectivity index (χ4n) is 2.75. The lowest BCUT2D eigenvalue weighted by Gasteiger charge is -2.12. The lowest BCUT2D eigenvalue weighted by Crippen LogP contribution is -2.26. The van der Waals surface area contributed by atoms with Gasteiger partial charge in [0.05, 0.1) is 11.0 Å².